The molecule has 9 heteroatoms. The van der Waals surface area contributed by atoms with Gasteiger partial charge in [0.1, 0.15) is 29.5 Å². The SMILES string of the molecule is O=C(Cc1ccccc1)NC1C(=O)N2C(C(=O)OC(c3ccccc3)c3ccccc3)=C(COc3ccc(CCl)cc3)C3(CC3)SC12. The minimum absolute atomic E-state index is 0.112. The Morgan fingerprint density at radius 1 is 0.851 bits per heavy atom. The lowest BCUT2D eigenvalue weighted by molar-refractivity contribution is -0.154. The van der Waals surface area contributed by atoms with E-state index in [1.165, 1.54) is 4.90 Å². The Kier molecular flexibility index (Phi) is 8.80. The lowest BCUT2D eigenvalue weighted by Crippen LogP contribution is -2.71. The lowest BCUT2D eigenvalue weighted by atomic mass is 9.98. The van der Waals surface area contributed by atoms with Crippen molar-refractivity contribution in [3.05, 3.63) is 149 Å². The first-order valence-electron chi connectivity index (χ1n) is 15.6. The molecule has 1 saturated heterocycles. The molecule has 47 heavy (non-hydrogen) atoms. The van der Waals surface area contributed by atoms with Gasteiger partial charge in [-0.25, -0.2) is 4.79 Å². The molecule has 2 fully saturated rings. The summed E-state index contributed by atoms with van der Waals surface area (Å²) < 4.78 is 12.2. The summed E-state index contributed by atoms with van der Waals surface area (Å²) in [6.07, 6.45) is 1.11. The van der Waals surface area contributed by atoms with Crippen LogP contribution in [0.5, 0.6) is 5.75 Å². The predicted octanol–water partition coefficient (Wildman–Crippen LogP) is 6.57. The molecule has 1 aliphatic carbocycles. The topological polar surface area (TPSA) is 84.9 Å². The largest absolute Gasteiger partial charge is 0.489 e. The lowest BCUT2D eigenvalue weighted by Gasteiger charge is -2.52. The maximum Gasteiger partial charge on any atom is 0.356 e. The number of nitrogens with one attached hydrogen (secondary N) is 1. The summed E-state index contributed by atoms with van der Waals surface area (Å²) in [5.41, 5.74) is 4.39. The fourth-order valence-corrected chi connectivity index (χ4v) is 8.07. The van der Waals surface area contributed by atoms with Crippen molar-refractivity contribution >= 4 is 41.1 Å². The number of alkyl halides is 1. The maximum absolute atomic E-state index is 14.4. The minimum Gasteiger partial charge on any atom is -0.489 e. The van der Waals surface area contributed by atoms with Gasteiger partial charge in [0, 0.05) is 16.2 Å². The van der Waals surface area contributed by atoms with Gasteiger partial charge in [0.25, 0.3) is 5.91 Å². The molecule has 7 nitrogen and oxygen atoms in total. The second-order valence-corrected chi connectivity index (χ2v) is 13.7. The number of halogens is 1. The normalized spacial score (nSPS) is 19.2. The highest BCUT2D eigenvalue weighted by atomic mass is 35.5. The standard InChI is InChI=1S/C38H33ClN2O5S/c39-23-26-16-18-29(19-17-26)45-24-30-33(37(44)46-34(27-12-6-2-7-13-27)28-14-8-3-9-15-28)41-35(43)32(36(41)47-38(30)20-21-38)40-31(42)22-25-10-4-1-5-11-25/h1-19,32,34,36H,20-24H2,(H,40,42). The Labute approximate surface area is 282 Å². The molecule has 2 unspecified atom stereocenters. The summed E-state index contributed by atoms with van der Waals surface area (Å²) in [7, 11) is 0. The van der Waals surface area contributed by atoms with E-state index in [1.807, 2.05) is 115 Å². The number of rotatable bonds is 11. The van der Waals surface area contributed by atoms with Crippen molar-refractivity contribution in [1.29, 1.82) is 0 Å². The van der Waals surface area contributed by atoms with Crippen molar-refractivity contribution < 1.29 is 23.9 Å². The highest BCUT2D eigenvalue weighted by molar-refractivity contribution is 8.02. The van der Waals surface area contributed by atoms with E-state index < -0.39 is 28.2 Å². The molecular weight excluding hydrogens is 632 g/mol. The number of ether oxygens (including phenoxy) is 2. The van der Waals surface area contributed by atoms with Gasteiger partial charge in [-0.15, -0.1) is 23.4 Å². The average Bonchev–Trinajstić information content (AvgIpc) is 3.89. The number of carbonyl (C=O) groups excluding carboxylic acids is 3. The molecule has 0 bridgehead atoms. The van der Waals surface area contributed by atoms with Gasteiger partial charge < -0.3 is 14.8 Å². The number of carbonyl (C=O) groups is 3. The van der Waals surface area contributed by atoms with E-state index in [0.29, 0.717) is 11.6 Å². The van der Waals surface area contributed by atoms with Gasteiger partial charge in [-0.2, -0.15) is 0 Å². The molecule has 3 aliphatic rings. The summed E-state index contributed by atoms with van der Waals surface area (Å²) in [5.74, 6) is -0.152. The zero-order chi connectivity index (χ0) is 32.4. The molecule has 238 valence electrons. The smallest absolute Gasteiger partial charge is 0.356 e. The second kappa shape index (κ2) is 13.3. The number of β-lactam (4-membered cyclic amide) rings is 1. The zero-order valence-electron chi connectivity index (χ0n) is 25.5. The van der Waals surface area contributed by atoms with E-state index in [-0.39, 0.29) is 30.5 Å². The van der Waals surface area contributed by atoms with Crippen LogP contribution >= 0.6 is 23.4 Å². The fraction of sp³-hybridized carbons (Fsp3) is 0.237. The molecule has 7 rings (SSSR count). The molecule has 1 spiro atoms. The fourth-order valence-electron chi connectivity index (χ4n) is 6.16. The molecule has 1 N–H and O–H groups in total. The third kappa shape index (κ3) is 6.40. The number of nitrogens with zero attached hydrogens (tertiary/aromatic N) is 1. The van der Waals surface area contributed by atoms with Gasteiger partial charge in [0.2, 0.25) is 5.91 Å². The van der Waals surface area contributed by atoms with E-state index in [4.69, 9.17) is 21.1 Å². The first-order chi connectivity index (χ1) is 23.0. The van der Waals surface area contributed by atoms with Crippen molar-refractivity contribution in [2.24, 2.45) is 0 Å². The van der Waals surface area contributed by atoms with Crippen LogP contribution in [-0.2, 0) is 31.4 Å². The van der Waals surface area contributed by atoms with E-state index in [9.17, 15) is 14.4 Å². The van der Waals surface area contributed by atoms with Crippen molar-refractivity contribution in [2.75, 3.05) is 6.61 Å². The van der Waals surface area contributed by atoms with Crippen LogP contribution in [0.15, 0.2) is 127 Å². The van der Waals surface area contributed by atoms with Crippen LogP contribution in [0, 0.1) is 0 Å². The van der Waals surface area contributed by atoms with Crippen LogP contribution in [0.25, 0.3) is 0 Å². The number of hydrogen-bond donors (Lipinski definition) is 1. The molecule has 4 aromatic carbocycles. The van der Waals surface area contributed by atoms with Gasteiger partial charge >= 0.3 is 5.97 Å². The Morgan fingerprint density at radius 2 is 1.45 bits per heavy atom. The van der Waals surface area contributed by atoms with Crippen molar-refractivity contribution in [2.45, 2.75) is 47.4 Å². The van der Waals surface area contributed by atoms with Crippen LogP contribution in [-0.4, -0.2) is 45.5 Å². The number of fused-ring (bicyclic) bond motifs is 1. The minimum atomic E-state index is -0.749. The molecule has 0 aromatic heterocycles. The molecule has 1 saturated carbocycles. The van der Waals surface area contributed by atoms with Gasteiger partial charge in [-0.1, -0.05) is 103 Å². The van der Waals surface area contributed by atoms with Crippen molar-refractivity contribution in [3.8, 4) is 5.75 Å². The molecule has 2 aliphatic heterocycles. The number of amides is 2. The Hall–Kier alpha value is -4.53. The van der Waals surface area contributed by atoms with E-state index in [0.717, 1.165) is 40.7 Å². The highest BCUT2D eigenvalue weighted by Gasteiger charge is 2.64. The molecule has 0 radical (unpaired) electrons. The average molecular weight is 665 g/mol. The van der Waals surface area contributed by atoms with Crippen LogP contribution in [0.2, 0.25) is 0 Å². The Bertz CT molecular complexity index is 1760. The highest BCUT2D eigenvalue weighted by Crippen LogP contribution is 2.62. The number of hydrogen-bond acceptors (Lipinski definition) is 6. The zero-order valence-corrected chi connectivity index (χ0v) is 27.1. The van der Waals surface area contributed by atoms with E-state index in [2.05, 4.69) is 5.32 Å². The van der Waals surface area contributed by atoms with Crippen LogP contribution in [0.3, 0.4) is 0 Å². The van der Waals surface area contributed by atoms with Crippen LogP contribution in [0.1, 0.15) is 41.2 Å². The van der Waals surface area contributed by atoms with Gasteiger partial charge in [-0.3, -0.25) is 14.5 Å². The first-order valence-corrected chi connectivity index (χ1v) is 17.0. The van der Waals surface area contributed by atoms with Crippen molar-refractivity contribution in [3.63, 3.8) is 0 Å². The monoisotopic (exact) mass is 664 g/mol. The summed E-state index contributed by atoms with van der Waals surface area (Å²) >= 11 is 7.59. The third-order valence-electron chi connectivity index (χ3n) is 8.78. The Morgan fingerprint density at radius 3 is 2.02 bits per heavy atom. The van der Waals surface area contributed by atoms with Gasteiger partial charge in [-0.05, 0) is 47.2 Å². The summed E-state index contributed by atoms with van der Waals surface area (Å²) in [6.45, 7) is 0.112. The molecular formula is C38H33ClN2O5S. The van der Waals surface area contributed by atoms with Gasteiger partial charge in [0.15, 0.2) is 6.10 Å². The third-order valence-corrected chi connectivity index (χ3v) is 10.9. The van der Waals surface area contributed by atoms with Crippen LogP contribution < -0.4 is 10.1 Å². The van der Waals surface area contributed by atoms with Gasteiger partial charge in [0.05, 0.1) is 6.42 Å². The summed E-state index contributed by atoms with van der Waals surface area (Å²) in [6, 6.07) is 35.3. The first kappa shape index (κ1) is 31.1. The quantitative estimate of drug-likeness (QED) is 0.111. The Balaban J connectivity index is 1.21. The predicted molar refractivity (Wildman–Crippen MR) is 182 cm³/mol. The second-order valence-electron chi connectivity index (χ2n) is 11.9. The summed E-state index contributed by atoms with van der Waals surface area (Å²) in [4.78, 5) is 42.8. The molecule has 2 atom stereocenters. The molecule has 2 amide bonds. The number of thioether (sulfide) groups is 1. The number of esters is 1. The van der Waals surface area contributed by atoms with E-state index >= 15 is 0 Å². The summed E-state index contributed by atoms with van der Waals surface area (Å²) in [5, 5.41) is 2.51. The van der Waals surface area contributed by atoms with E-state index in [1.54, 1.807) is 11.8 Å². The molecule has 4 aromatic rings. The van der Waals surface area contributed by atoms with Crippen LogP contribution in [0.4, 0.5) is 0 Å². The maximum atomic E-state index is 14.4. The molecule has 2 heterocycles. The van der Waals surface area contributed by atoms with Crippen molar-refractivity contribution in [1.82, 2.24) is 10.2 Å². The number of benzene rings is 4.